The van der Waals surface area contributed by atoms with Crippen molar-refractivity contribution >= 4 is 16.9 Å². The van der Waals surface area contributed by atoms with Gasteiger partial charge in [0.1, 0.15) is 17.5 Å². The Morgan fingerprint density at radius 1 is 1.14 bits per heavy atom. The first kappa shape index (κ1) is 21.5. The van der Waals surface area contributed by atoms with Crippen LogP contribution in [0.15, 0.2) is 61.3 Å². The van der Waals surface area contributed by atoms with Gasteiger partial charge in [-0.1, -0.05) is 18.2 Å². The fraction of sp³-hybridized carbons (Fsp3) is 0.346. The Kier molecular flexibility index (Phi) is 5.30. The number of hydrogen-bond donors (Lipinski definition) is 1. The number of benzene rings is 1. The van der Waals surface area contributed by atoms with E-state index in [9.17, 15) is 10.1 Å². The number of amides is 1. The zero-order valence-electron chi connectivity index (χ0n) is 19.3. The third kappa shape index (κ3) is 3.76. The maximum absolute atomic E-state index is 12.8. The number of aromatic amines is 1. The third-order valence-corrected chi connectivity index (χ3v) is 7.39. The summed E-state index contributed by atoms with van der Waals surface area (Å²) >= 11 is 0. The highest BCUT2D eigenvalue weighted by Gasteiger charge is 2.48. The molecule has 2 aliphatic rings. The van der Waals surface area contributed by atoms with Gasteiger partial charge in [0, 0.05) is 61.1 Å². The van der Waals surface area contributed by atoms with E-state index in [2.05, 4.69) is 31.0 Å². The number of aromatic nitrogens is 5. The molecule has 2 aliphatic heterocycles. The standard InChI is InChI=1S/C26H26N8O/c27-10-9-26(34-15-20(14-31-34)23-22-6-11-28-24(22)30-18-29-23)16-33(17-26)21-7-12-32(13-8-21)25(35)19-4-2-1-3-5-19/h1-6,11,14-15,18,21H,7-9,12-13,16-17H2,(H,28,29,30). The van der Waals surface area contributed by atoms with Crippen molar-refractivity contribution in [1.29, 1.82) is 5.26 Å². The fourth-order valence-electron chi connectivity index (χ4n) is 5.46. The van der Waals surface area contributed by atoms with Crippen LogP contribution in [0.1, 0.15) is 29.6 Å². The highest BCUT2D eigenvalue weighted by Crippen LogP contribution is 2.37. The van der Waals surface area contributed by atoms with Crippen LogP contribution in [-0.2, 0) is 5.54 Å². The molecule has 3 aromatic heterocycles. The summed E-state index contributed by atoms with van der Waals surface area (Å²) in [4.78, 5) is 29.0. The van der Waals surface area contributed by atoms with E-state index in [-0.39, 0.29) is 11.4 Å². The first-order valence-corrected chi connectivity index (χ1v) is 12.0. The summed E-state index contributed by atoms with van der Waals surface area (Å²) in [6, 6.07) is 14.2. The SMILES string of the molecule is N#CCC1(n2cc(-c3ncnc4[nH]ccc34)cn2)CN(C2CCN(C(=O)c3ccccc3)CC2)C1. The summed E-state index contributed by atoms with van der Waals surface area (Å²) < 4.78 is 1.96. The molecule has 1 N–H and O–H groups in total. The normalized spacial score (nSPS) is 18.3. The van der Waals surface area contributed by atoms with Crippen molar-refractivity contribution in [2.75, 3.05) is 26.2 Å². The largest absolute Gasteiger partial charge is 0.346 e. The quantitative estimate of drug-likeness (QED) is 0.485. The molecule has 1 amide bonds. The molecule has 5 heterocycles. The van der Waals surface area contributed by atoms with Crippen LogP contribution in [0.3, 0.4) is 0 Å². The highest BCUT2D eigenvalue weighted by molar-refractivity contribution is 5.94. The molecule has 1 aromatic carbocycles. The summed E-state index contributed by atoms with van der Waals surface area (Å²) in [6.45, 7) is 3.07. The van der Waals surface area contributed by atoms with Crippen LogP contribution in [0, 0.1) is 11.3 Å². The molecule has 0 radical (unpaired) electrons. The second-order valence-corrected chi connectivity index (χ2v) is 9.49. The Hall–Kier alpha value is -4.03. The number of nitriles is 1. The number of carbonyl (C=O) groups excluding carboxylic acids is 1. The van der Waals surface area contributed by atoms with Gasteiger partial charge in [-0.15, -0.1) is 0 Å². The second-order valence-electron chi connectivity index (χ2n) is 9.49. The van der Waals surface area contributed by atoms with E-state index < -0.39 is 0 Å². The molecule has 35 heavy (non-hydrogen) atoms. The summed E-state index contributed by atoms with van der Waals surface area (Å²) in [7, 11) is 0. The third-order valence-electron chi connectivity index (χ3n) is 7.39. The molecule has 6 rings (SSSR count). The minimum absolute atomic E-state index is 0.108. The monoisotopic (exact) mass is 466 g/mol. The van der Waals surface area contributed by atoms with Crippen LogP contribution < -0.4 is 0 Å². The predicted molar refractivity (Wildman–Crippen MR) is 130 cm³/mol. The van der Waals surface area contributed by atoms with Crippen molar-refractivity contribution in [2.45, 2.75) is 30.8 Å². The van der Waals surface area contributed by atoms with E-state index in [0.29, 0.717) is 12.5 Å². The molecule has 176 valence electrons. The topological polar surface area (TPSA) is 107 Å². The molecule has 4 aromatic rings. The maximum Gasteiger partial charge on any atom is 0.253 e. The van der Waals surface area contributed by atoms with Crippen molar-refractivity contribution in [1.82, 2.24) is 34.5 Å². The van der Waals surface area contributed by atoms with Crippen molar-refractivity contribution in [3.8, 4) is 17.3 Å². The van der Waals surface area contributed by atoms with Crippen LogP contribution in [0.2, 0.25) is 0 Å². The van der Waals surface area contributed by atoms with E-state index in [1.807, 2.05) is 64.6 Å². The summed E-state index contributed by atoms with van der Waals surface area (Å²) in [5.74, 6) is 0.108. The molecule has 0 spiro atoms. The molecule has 2 fully saturated rings. The second kappa shape index (κ2) is 8.64. The molecule has 9 nitrogen and oxygen atoms in total. The lowest BCUT2D eigenvalue weighted by Gasteiger charge is -2.53. The lowest BCUT2D eigenvalue weighted by molar-refractivity contribution is -0.0412. The Bertz CT molecular complexity index is 1390. The van der Waals surface area contributed by atoms with E-state index in [1.54, 1.807) is 6.33 Å². The average molecular weight is 467 g/mol. The van der Waals surface area contributed by atoms with Crippen LogP contribution in [-0.4, -0.2) is 72.7 Å². The number of nitrogens with zero attached hydrogens (tertiary/aromatic N) is 7. The molecule has 0 bridgehead atoms. The maximum atomic E-state index is 12.8. The van der Waals surface area contributed by atoms with Gasteiger partial charge in [0.25, 0.3) is 5.91 Å². The Morgan fingerprint density at radius 2 is 1.94 bits per heavy atom. The number of H-pyrrole nitrogens is 1. The average Bonchev–Trinajstić information content (AvgIpc) is 3.56. The lowest BCUT2D eigenvalue weighted by atomic mass is 9.83. The van der Waals surface area contributed by atoms with Gasteiger partial charge in [-0.05, 0) is 31.0 Å². The molecular weight excluding hydrogens is 440 g/mol. The van der Waals surface area contributed by atoms with Gasteiger partial charge in [-0.3, -0.25) is 14.4 Å². The fourth-order valence-corrected chi connectivity index (χ4v) is 5.46. The number of fused-ring (bicyclic) bond motifs is 1. The van der Waals surface area contributed by atoms with E-state index in [1.165, 1.54) is 0 Å². The van der Waals surface area contributed by atoms with Crippen molar-refractivity contribution in [2.24, 2.45) is 0 Å². The number of hydrogen-bond acceptors (Lipinski definition) is 6. The molecule has 2 saturated heterocycles. The Morgan fingerprint density at radius 3 is 2.71 bits per heavy atom. The molecule has 9 heteroatoms. The van der Waals surface area contributed by atoms with E-state index in [0.717, 1.165) is 66.9 Å². The molecule has 0 aliphatic carbocycles. The van der Waals surface area contributed by atoms with Gasteiger partial charge in [-0.2, -0.15) is 10.4 Å². The summed E-state index contributed by atoms with van der Waals surface area (Å²) in [5.41, 5.74) is 2.95. The van der Waals surface area contributed by atoms with E-state index in [4.69, 9.17) is 0 Å². The number of piperidine rings is 1. The van der Waals surface area contributed by atoms with Crippen molar-refractivity contribution in [3.05, 3.63) is 66.9 Å². The highest BCUT2D eigenvalue weighted by atomic mass is 16.2. The zero-order valence-corrected chi connectivity index (χ0v) is 19.3. The molecule has 0 atom stereocenters. The minimum Gasteiger partial charge on any atom is -0.346 e. The number of rotatable bonds is 5. The van der Waals surface area contributed by atoms with Gasteiger partial charge in [0.05, 0.1) is 24.4 Å². The molecular formula is C26H26N8O. The molecule has 0 saturated carbocycles. The summed E-state index contributed by atoms with van der Waals surface area (Å²) in [5, 5.41) is 15.2. The Balaban J connectivity index is 1.13. The van der Waals surface area contributed by atoms with Crippen LogP contribution in [0.25, 0.3) is 22.3 Å². The van der Waals surface area contributed by atoms with E-state index >= 15 is 0 Å². The van der Waals surface area contributed by atoms with Crippen molar-refractivity contribution < 1.29 is 4.79 Å². The van der Waals surface area contributed by atoms with Gasteiger partial charge in [0.15, 0.2) is 0 Å². The number of carbonyl (C=O) groups is 1. The van der Waals surface area contributed by atoms with Gasteiger partial charge < -0.3 is 9.88 Å². The Labute approximate surface area is 203 Å². The van der Waals surface area contributed by atoms with Gasteiger partial charge in [0.2, 0.25) is 0 Å². The smallest absolute Gasteiger partial charge is 0.253 e. The van der Waals surface area contributed by atoms with Crippen molar-refractivity contribution in [3.63, 3.8) is 0 Å². The molecule has 0 unspecified atom stereocenters. The number of likely N-dealkylation sites (tertiary alicyclic amines) is 2. The first-order chi connectivity index (χ1) is 17.2. The van der Waals surface area contributed by atoms with Crippen LogP contribution in [0.4, 0.5) is 0 Å². The lowest BCUT2D eigenvalue weighted by Crippen LogP contribution is -2.66. The van der Waals surface area contributed by atoms with Crippen LogP contribution in [0.5, 0.6) is 0 Å². The zero-order chi connectivity index (χ0) is 23.8. The summed E-state index contributed by atoms with van der Waals surface area (Å²) in [6.07, 6.45) is 9.52. The first-order valence-electron chi connectivity index (χ1n) is 12.0. The predicted octanol–water partition coefficient (Wildman–Crippen LogP) is 3.05. The van der Waals surface area contributed by atoms with Gasteiger partial charge >= 0.3 is 0 Å². The van der Waals surface area contributed by atoms with Crippen LogP contribution >= 0.6 is 0 Å². The number of nitrogens with one attached hydrogen (secondary N) is 1. The van der Waals surface area contributed by atoms with Gasteiger partial charge in [-0.25, -0.2) is 9.97 Å². The minimum atomic E-state index is -0.339.